The van der Waals surface area contributed by atoms with Crippen LogP contribution in [0, 0.1) is 0 Å². The largest absolute Gasteiger partial charge is 0.397 e. The van der Waals surface area contributed by atoms with Gasteiger partial charge in [-0.25, -0.2) is 4.98 Å². The van der Waals surface area contributed by atoms with Gasteiger partial charge in [-0.1, -0.05) is 25.0 Å². The van der Waals surface area contributed by atoms with Crippen molar-refractivity contribution < 1.29 is 9.59 Å². The summed E-state index contributed by atoms with van der Waals surface area (Å²) in [6.45, 7) is 2.05. The van der Waals surface area contributed by atoms with Crippen molar-refractivity contribution in [2.45, 2.75) is 57.8 Å². The maximum Gasteiger partial charge on any atom is 0.224 e. The standard InChI is InChI=1S/C24H32N4O2/c25-20-10-6-7-11-21(20)27-24(30)13-5-2-1-4-12-22(29)19-14-15-26-23(18-19)28-16-8-3-9-17-28/h6-7,10-11,14-15,18H,1-5,8-9,12-13,16-17,25H2,(H,27,30). The molecule has 1 aromatic heterocycles. The maximum absolute atomic E-state index is 12.5. The lowest BCUT2D eigenvalue weighted by Crippen LogP contribution is -2.30. The number of carbonyl (C=O) groups excluding carboxylic acids is 2. The highest BCUT2D eigenvalue weighted by molar-refractivity contribution is 5.96. The number of unbranched alkanes of at least 4 members (excludes halogenated alkanes) is 3. The minimum atomic E-state index is -0.0222. The molecule has 0 radical (unpaired) electrons. The number of pyridine rings is 1. The fraction of sp³-hybridized carbons (Fsp3) is 0.458. The van der Waals surface area contributed by atoms with E-state index in [4.69, 9.17) is 5.73 Å². The third-order valence-corrected chi connectivity index (χ3v) is 5.54. The van der Waals surface area contributed by atoms with E-state index in [9.17, 15) is 9.59 Å². The number of aromatic nitrogens is 1. The van der Waals surface area contributed by atoms with Gasteiger partial charge in [0, 0.05) is 37.7 Å². The highest BCUT2D eigenvalue weighted by atomic mass is 16.1. The molecule has 0 unspecified atom stereocenters. The molecule has 0 saturated carbocycles. The SMILES string of the molecule is Nc1ccccc1NC(=O)CCCCCCC(=O)c1ccnc(N2CCCCC2)c1. The van der Waals surface area contributed by atoms with E-state index in [2.05, 4.69) is 15.2 Å². The zero-order valence-electron chi connectivity index (χ0n) is 17.6. The highest BCUT2D eigenvalue weighted by Crippen LogP contribution is 2.20. The summed E-state index contributed by atoms with van der Waals surface area (Å²) in [6, 6.07) is 11.0. The number of anilines is 3. The van der Waals surface area contributed by atoms with Crippen molar-refractivity contribution in [1.82, 2.24) is 4.98 Å². The summed E-state index contributed by atoms with van der Waals surface area (Å²) in [7, 11) is 0. The molecule has 6 nitrogen and oxygen atoms in total. The number of para-hydroxylation sites is 2. The first kappa shape index (κ1) is 21.8. The van der Waals surface area contributed by atoms with E-state index < -0.39 is 0 Å². The number of ketones is 1. The van der Waals surface area contributed by atoms with Crippen LogP contribution in [0.4, 0.5) is 17.2 Å². The normalized spacial score (nSPS) is 13.8. The second-order valence-electron chi connectivity index (χ2n) is 7.92. The van der Waals surface area contributed by atoms with E-state index in [1.54, 1.807) is 18.3 Å². The van der Waals surface area contributed by atoms with E-state index in [0.29, 0.717) is 24.2 Å². The molecule has 0 bridgehead atoms. The van der Waals surface area contributed by atoms with Crippen molar-refractivity contribution in [3.63, 3.8) is 0 Å². The summed E-state index contributed by atoms with van der Waals surface area (Å²) in [4.78, 5) is 31.3. The van der Waals surface area contributed by atoms with E-state index >= 15 is 0 Å². The van der Waals surface area contributed by atoms with Gasteiger partial charge in [0.15, 0.2) is 5.78 Å². The number of nitrogen functional groups attached to an aromatic ring is 1. The summed E-state index contributed by atoms with van der Waals surface area (Å²) in [5.74, 6) is 1.07. The van der Waals surface area contributed by atoms with Gasteiger partial charge in [-0.15, -0.1) is 0 Å². The van der Waals surface area contributed by atoms with Crippen LogP contribution >= 0.6 is 0 Å². The summed E-state index contributed by atoms with van der Waals surface area (Å²) < 4.78 is 0. The van der Waals surface area contributed by atoms with E-state index in [0.717, 1.165) is 50.2 Å². The fourth-order valence-corrected chi connectivity index (χ4v) is 3.78. The lowest BCUT2D eigenvalue weighted by molar-refractivity contribution is -0.116. The van der Waals surface area contributed by atoms with Crippen LogP contribution in [0.2, 0.25) is 0 Å². The molecule has 1 saturated heterocycles. The molecule has 2 aromatic rings. The van der Waals surface area contributed by atoms with Gasteiger partial charge in [-0.3, -0.25) is 9.59 Å². The molecule has 160 valence electrons. The fourth-order valence-electron chi connectivity index (χ4n) is 3.78. The topological polar surface area (TPSA) is 88.3 Å². The Kier molecular flexibility index (Phi) is 8.24. The van der Waals surface area contributed by atoms with Crippen molar-refractivity contribution in [2.24, 2.45) is 0 Å². The van der Waals surface area contributed by atoms with Gasteiger partial charge in [0.25, 0.3) is 0 Å². The Bertz CT molecular complexity index is 847. The van der Waals surface area contributed by atoms with Crippen LogP contribution in [-0.4, -0.2) is 29.8 Å². The molecule has 1 aliphatic heterocycles. The van der Waals surface area contributed by atoms with E-state index in [-0.39, 0.29) is 11.7 Å². The quantitative estimate of drug-likeness (QED) is 0.334. The highest BCUT2D eigenvalue weighted by Gasteiger charge is 2.14. The van der Waals surface area contributed by atoms with Crippen molar-refractivity contribution >= 4 is 28.9 Å². The van der Waals surface area contributed by atoms with Crippen LogP contribution in [0.1, 0.15) is 68.1 Å². The number of hydrogen-bond donors (Lipinski definition) is 2. The lowest BCUT2D eigenvalue weighted by atomic mass is 10.0. The van der Waals surface area contributed by atoms with E-state index in [1.807, 2.05) is 24.3 Å². The molecule has 3 N–H and O–H groups in total. The molecule has 1 fully saturated rings. The van der Waals surface area contributed by atoms with Crippen LogP contribution in [0.15, 0.2) is 42.6 Å². The number of nitrogens with zero attached hydrogens (tertiary/aromatic N) is 2. The summed E-state index contributed by atoms with van der Waals surface area (Å²) in [5.41, 5.74) is 7.83. The minimum absolute atomic E-state index is 0.0222. The van der Waals surface area contributed by atoms with Crippen molar-refractivity contribution in [3.8, 4) is 0 Å². The van der Waals surface area contributed by atoms with Crippen LogP contribution in [-0.2, 0) is 4.79 Å². The van der Waals surface area contributed by atoms with Crippen LogP contribution in [0.3, 0.4) is 0 Å². The second-order valence-corrected chi connectivity index (χ2v) is 7.92. The number of hydrogen-bond acceptors (Lipinski definition) is 5. The molecule has 0 spiro atoms. The number of Topliss-reactive ketones (excluding diaryl/α,β-unsaturated/α-hetero) is 1. The Labute approximate surface area is 178 Å². The zero-order valence-corrected chi connectivity index (χ0v) is 17.6. The number of nitrogens with one attached hydrogen (secondary N) is 1. The zero-order chi connectivity index (χ0) is 21.2. The van der Waals surface area contributed by atoms with Crippen LogP contribution < -0.4 is 16.0 Å². The molecule has 6 heteroatoms. The average molecular weight is 409 g/mol. The Morgan fingerprint density at radius 2 is 1.70 bits per heavy atom. The molecule has 0 aliphatic carbocycles. The number of piperidine rings is 1. The van der Waals surface area contributed by atoms with Crippen molar-refractivity contribution in [3.05, 3.63) is 48.2 Å². The number of benzene rings is 1. The summed E-state index contributed by atoms with van der Waals surface area (Å²) in [6.07, 6.45) is 9.92. The number of rotatable bonds is 10. The minimum Gasteiger partial charge on any atom is -0.397 e. The molecule has 3 rings (SSSR count). The number of carbonyl (C=O) groups is 2. The molecule has 30 heavy (non-hydrogen) atoms. The van der Waals surface area contributed by atoms with Crippen molar-refractivity contribution in [1.29, 1.82) is 0 Å². The van der Waals surface area contributed by atoms with Crippen LogP contribution in [0.25, 0.3) is 0 Å². The van der Waals surface area contributed by atoms with Gasteiger partial charge in [0.1, 0.15) is 5.82 Å². The number of nitrogens with two attached hydrogens (primary N) is 1. The smallest absolute Gasteiger partial charge is 0.224 e. The van der Waals surface area contributed by atoms with Gasteiger partial charge in [-0.2, -0.15) is 0 Å². The Balaban J connectivity index is 1.33. The molecule has 0 atom stereocenters. The predicted molar refractivity (Wildman–Crippen MR) is 122 cm³/mol. The first-order valence-electron chi connectivity index (χ1n) is 11.0. The molecule has 1 amide bonds. The van der Waals surface area contributed by atoms with Crippen LogP contribution in [0.5, 0.6) is 0 Å². The summed E-state index contributed by atoms with van der Waals surface area (Å²) in [5, 5.41) is 2.85. The molecular weight excluding hydrogens is 376 g/mol. The van der Waals surface area contributed by atoms with Gasteiger partial charge in [0.05, 0.1) is 11.4 Å². The number of amides is 1. The van der Waals surface area contributed by atoms with Gasteiger partial charge >= 0.3 is 0 Å². The first-order valence-corrected chi connectivity index (χ1v) is 11.0. The van der Waals surface area contributed by atoms with Crippen molar-refractivity contribution in [2.75, 3.05) is 29.0 Å². The predicted octanol–water partition coefficient (Wildman–Crippen LogP) is 4.82. The third-order valence-electron chi connectivity index (χ3n) is 5.54. The monoisotopic (exact) mass is 408 g/mol. The third kappa shape index (κ3) is 6.58. The molecule has 2 heterocycles. The Morgan fingerprint density at radius 1 is 0.967 bits per heavy atom. The molecule has 1 aromatic carbocycles. The van der Waals surface area contributed by atoms with E-state index in [1.165, 1.54) is 19.3 Å². The first-order chi connectivity index (χ1) is 14.6. The Morgan fingerprint density at radius 3 is 2.47 bits per heavy atom. The molecular formula is C24H32N4O2. The van der Waals surface area contributed by atoms with Gasteiger partial charge in [0.2, 0.25) is 5.91 Å². The lowest BCUT2D eigenvalue weighted by Gasteiger charge is -2.27. The Hall–Kier alpha value is -2.89. The second kappa shape index (κ2) is 11.3. The maximum atomic E-state index is 12.5. The average Bonchev–Trinajstić information content (AvgIpc) is 2.78. The van der Waals surface area contributed by atoms with Gasteiger partial charge < -0.3 is 16.0 Å². The summed E-state index contributed by atoms with van der Waals surface area (Å²) >= 11 is 0. The van der Waals surface area contributed by atoms with Gasteiger partial charge in [-0.05, 0) is 56.4 Å². The molecule has 1 aliphatic rings.